The summed E-state index contributed by atoms with van der Waals surface area (Å²) in [5, 5.41) is 0. The first kappa shape index (κ1) is 16.1. The van der Waals surface area contributed by atoms with E-state index in [-0.39, 0.29) is 30.2 Å². The number of hydrogen-bond acceptors (Lipinski definition) is 5. The fraction of sp³-hybridized carbons (Fsp3) is 0.455. The van der Waals surface area contributed by atoms with Crippen molar-refractivity contribution in [2.24, 2.45) is 5.73 Å². The second kappa shape index (κ2) is 6.47. The summed E-state index contributed by atoms with van der Waals surface area (Å²) in [7, 11) is -6.72. The fourth-order valence-corrected chi connectivity index (χ4v) is 3.54. The first-order valence-electron chi connectivity index (χ1n) is 5.71. The van der Waals surface area contributed by atoms with Gasteiger partial charge in [0.25, 0.3) is 0 Å². The molecule has 0 spiro atoms. The third kappa shape index (κ3) is 5.27. The van der Waals surface area contributed by atoms with Crippen molar-refractivity contribution in [1.82, 2.24) is 4.72 Å². The molecule has 0 heterocycles. The van der Waals surface area contributed by atoms with Crippen LogP contribution in [0.1, 0.15) is 12.0 Å². The Morgan fingerprint density at radius 2 is 1.79 bits per heavy atom. The molecule has 0 aromatic heterocycles. The van der Waals surface area contributed by atoms with Gasteiger partial charge in [-0.3, -0.25) is 0 Å². The Balaban J connectivity index is 2.71. The normalized spacial score (nSPS) is 12.5. The smallest absolute Gasteiger partial charge is 0.240 e. The highest BCUT2D eigenvalue weighted by atomic mass is 32.2. The molecule has 0 amide bonds. The lowest BCUT2D eigenvalue weighted by Crippen LogP contribution is -2.27. The third-order valence-electron chi connectivity index (χ3n) is 2.47. The summed E-state index contributed by atoms with van der Waals surface area (Å²) in [5.41, 5.74) is 6.01. The zero-order valence-electron chi connectivity index (χ0n) is 10.7. The minimum absolute atomic E-state index is 0.0476. The Kier molecular flexibility index (Phi) is 5.48. The van der Waals surface area contributed by atoms with E-state index in [1.807, 2.05) is 0 Å². The van der Waals surface area contributed by atoms with Crippen molar-refractivity contribution in [1.29, 1.82) is 0 Å². The van der Waals surface area contributed by atoms with E-state index in [4.69, 9.17) is 5.73 Å². The van der Waals surface area contributed by atoms with E-state index in [9.17, 15) is 16.8 Å². The monoisotopic (exact) mass is 306 g/mol. The summed E-state index contributed by atoms with van der Waals surface area (Å²) in [6, 6.07) is 6.45. The van der Waals surface area contributed by atoms with E-state index >= 15 is 0 Å². The Morgan fingerprint density at radius 1 is 1.16 bits per heavy atom. The predicted octanol–water partition coefficient (Wildman–Crippen LogP) is -0.142. The maximum absolute atomic E-state index is 12.0. The first-order valence-corrected chi connectivity index (χ1v) is 9.26. The molecule has 1 rings (SSSR count). The molecule has 8 heteroatoms. The Hall–Kier alpha value is -0.960. The largest absolute Gasteiger partial charge is 0.326 e. The summed E-state index contributed by atoms with van der Waals surface area (Å²) < 4.78 is 48.3. The van der Waals surface area contributed by atoms with Gasteiger partial charge in [-0.25, -0.2) is 21.6 Å². The highest BCUT2D eigenvalue weighted by Gasteiger charge is 2.16. The molecule has 0 unspecified atom stereocenters. The number of hydrogen-bond donors (Lipinski definition) is 2. The van der Waals surface area contributed by atoms with E-state index < -0.39 is 19.9 Å². The van der Waals surface area contributed by atoms with Crippen molar-refractivity contribution >= 4 is 19.9 Å². The summed E-state index contributed by atoms with van der Waals surface area (Å²) in [5.74, 6) is -0.0476. The minimum atomic E-state index is -3.65. The van der Waals surface area contributed by atoms with E-state index in [1.165, 1.54) is 6.07 Å². The van der Waals surface area contributed by atoms with Crippen molar-refractivity contribution in [3.8, 4) is 0 Å². The number of sulfone groups is 1. The zero-order valence-corrected chi connectivity index (χ0v) is 12.3. The lowest BCUT2D eigenvalue weighted by molar-refractivity contribution is 0.576. The summed E-state index contributed by atoms with van der Waals surface area (Å²) in [6.45, 7) is 0.203. The molecule has 0 fully saturated rings. The standard InChI is InChI=1S/C11H18N2O4S2/c1-18(14,15)8-4-7-13-19(16,17)11-6-3-2-5-10(11)9-12/h2-3,5-6,13H,4,7-9,12H2,1H3. The molecule has 6 nitrogen and oxygen atoms in total. The molecule has 19 heavy (non-hydrogen) atoms. The Morgan fingerprint density at radius 3 is 2.37 bits per heavy atom. The van der Waals surface area contributed by atoms with E-state index in [0.29, 0.717) is 5.56 Å². The molecular weight excluding hydrogens is 288 g/mol. The average Bonchev–Trinajstić information content (AvgIpc) is 2.33. The van der Waals surface area contributed by atoms with Crippen LogP contribution < -0.4 is 10.5 Å². The molecule has 1 aromatic rings. The molecule has 0 aliphatic carbocycles. The highest BCUT2D eigenvalue weighted by molar-refractivity contribution is 7.90. The fourth-order valence-electron chi connectivity index (χ4n) is 1.55. The predicted molar refractivity (Wildman–Crippen MR) is 73.8 cm³/mol. The van der Waals surface area contributed by atoms with Gasteiger partial charge in [-0.05, 0) is 18.1 Å². The Bertz CT molecular complexity index is 624. The van der Waals surface area contributed by atoms with Crippen LogP contribution in [0.25, 0.3) is 0 Å². The summed E-state index contributed by atoms with van der Waals surface area (Å²) in [4.78, 5) is 0.136. The van der Waals surface area contributed by atoms with Gasteiger partial charge in [-0.15, -0.1) is 0 Å². The lowest BCUT2D eigenvalue weighted by atomic mass is 10.2. The van der Waals surface area contributed by atoms with Crippen LogP contribution in [0.15, 0.2) is 29.2 Å². The van der Waals surface area contributed by atoms with Gasteiger partial charge < -0.3 is 5.73 Å². The maximum Gasteiger partial charge on any atom is 0.240 e. The van der Waals surface area contributed by atoms with Gasteiger partial charge in [-0.2, -0.15) is 0 Å². The topological polar surface area (TPSA) is 106 Å². The number of benzene rings is 1. The molecule has 0 aliphatic rings. The number of sulfonamides is 1. The van der Waals surface area contributed by atoms with Gasteiger partial charge in [0, 0.05) is 19.3 Å². The molecule has 1 aromatic carbocycles. The van der Waals surface area contributed by atoms with Crippen LogP contribution in [0.3, 0.4) is 0 Å². The van der Waals surface area contributed by atoms with Crippen LogP contribution in [0.2, 0.25) is 0 Å². The van der Waals surface area contributed by atoms with Crippen LogP contribution in [-0.4, -0.2) is 35.4 Å². The van der Waals surface area contributed by atoms with Crippen molar-refractivity contribution in [3.05, 3.63) is 29.8 Å². The second-order valence-electron chi connectivity index (χ2n) is 4.19. The van der Waals surface area contributed by atoms with E-state index in [1.54, 1.807) is 18.2 Å². The van der Waals surface area contributed by atoms with Crippen molar-refractivity contribution in [2.45, 2.75) is 17.9 Å². The van der Waals surface area contributed by atoms with Gasteiger partial charge in [0.2, 0.25) is 10.0 Å². The molecular formula is C11H18N2O4S2. The van der Waals surface area contributed by atoms with Gasteiger partial charge in [0.1, 0.15) is 9.84 Å². The molecule has 0 saturated heterocycles. The SMILES string of the molecule is CS(=O)(=O)CCCNS(=O)(=O)c1ccccc1CN. The van der Waals surface area contributed by atoms with Gasteiger partial charge in [0.05, 0.1) is 10.6 Å². The molecule has 3 N–H and O–H groups in total. The second-order valence-corrected chi connectivity index (χ2v) is 8.19. The minimum Gasteiger partial charge on any atom is -0.326 e. The number of nitrogens with one attached hydrogen (secondary N) is 1. The van der Waals surface area contributed by atoms with Crippen LogP contribution in [0.5, 0.6) is 0 Å². The van der Waals surface area contributed by atoms with Crippen molar-refractivity contribution in [2.75, 3.05) is 18.6 Å². The molecule has 0 bridgehead atoms. The van der Waals surface area contributed by atoms with E-state index in [2.05, 4.69) is 4.72 Å². The van der Waals surface area contributed by atoms with Crippen molar-refractivity contribution in [3.63, 3.8) is 0 Å². The lowest BCUT2D eigenvalue weighted by Gasteiger charge is -2.10. The van der Waals surface area contributed by atoms with Crippen LogP contribution in [0, 0.1) is 0 Å². The van der Waals surface area contributed by atoms with Crippen LogP contribution >= 0.6 is 0 Å². The summed E-state index contributed by atoms with van der Waals surface area (Å²) >= 11 is 0. The third-order valence-corrected chi connectivity index (χ3v) is 5.06. The maximum atomic E-state index is 12.0. The number of rotatable bonds is 7. The molecule has 108 valence electrons. The molecule has 0 atom stereocenters. The number of nitrogens with two attached hydrogens (primary N) is 1. The van der Waals surface area contributed by atoms with E-state index in [0.717, 1.165) is 6.26 Å². The summed E-state index contributed by atoms with van der Waals surface area (Å²) in [6.07, 6.45) is 1.36. The average molecular weight is 306 g/mol. The highest BCUT2D eigenvalue weighted by Crippen LogP contribution is 2.14. The molecule has 0 aliphatic heterocycles. The van der Waals surface area contributed by atoms with Gasteiger partial charge >= 0.3 is 0 Å². The van der Waals surface area contributed by atoms with Crippen LogP contribution in [-0.2, 0) is 26.4 Å². The van der Waals surface area contributed by atoms with Crippen molar-refractivity contribution < 1.29 is 16.8 Å². The zero-order chi connectivity index (χ0) is 14.5. The van der Waals surface area contributed by atoms with Gasteiger partial charge in [0.15, 0.2) is 0 Å². The molecule has 0 saturated carbocycles. The Labute approximate surface area is 114 Å². The van der Waals surface area contributed by atoms with Gasteiger partial charge in [-0.1, -0.05) is 18.2 Å². The first-order chi connectivity index (χ1) is 8.76. The molecule has 0 radical (unpaired) electrons. The quantitative estimate of drug-likeness (QED) is 0.682. The van der Waals surface area contributed by atoms with Crippen LogP contribution in [0.4, 0.5) is 0 Å².